The number of anilines is 1. The van der Waals surface area contributed by atoms with Gasteiger partial charge in [-0.1, -0.05) is 41.9 Å². The molecule has 6 nitrogen and oxygen atoms in total. The number of carbonyl (C=O) groups excluding carboxylic acids is 2. The normalized spacial score (nSPS) is 24.9. The molecule has 0 aliphatic carbocycles. The van der Waals surface area contributed by atoms with Gasteiger partial charge in [-0.25, -0.2) is 0 Å². The van der Waals surface area contributed by atoms with Gasteiger partial charge in [0.15, 0.2) is 12.4 Å². The standard InChI is InChI=1S/C23H24ClN3O3/c24-17-10-18(23(29)25-19-13-26-8-6-16(19)7-9-26)22-20(11-17)27(21(28)14-30-22)12-15-4-2-1-3-5-15/h1-5,10-11,16,19H,6-9,12-14H2,(H,25,29). The highest BCUT2D eigenvalue weighted by atomic mass is 35.5. The number of halogens is 1. The molecule has 7 heteroatoms. The summed E-state index contributed by atoms with van der Waals surface area (Å²) < 4.78 is 5.74. The predicted octanol–water partition coefficient (Wildman–Crippen LogP) is 3.09. The van der Waals surface area contributed by atoms with E-state index in [0.717, 1.165) is 38.0 Å². The quantitative estimate of drug-likeness (QED) is 0.817. The van der Waals surface area contributed by atoms with Crippen molar-refractivity contribution in [2.75, 3.05) is 31.1 Å². The van der Waals surface area contributed by atoms with Crippen LogP contribution in [0.4, 0.5) is 5.69 Å². The molecule has 1 N–H and O–H groups in total. The van der Waals surface area contributed by atoms with Gasteiger partial charge < -0.3 is 19.9 Å². The fourth-order valence-corrected chi connectivity index (χ4v) is 4.97. The second kappa shape index (κ2) is 7.93. The summed E-state index contributed by atoms with van der Waals surface area (Å²) in [6.07, 6.45) is 2.24. The van der Waals surface area contributed by atoms with Gasteiger partial charge in [0.1, 0.15) is 0 Å². The summed E-state index contributed by atoms with van der Waals surface area (Å²) in [7, 11) is 0. The van der Waals surface area contributed by atoms with Crippen molar-refractivity contribution in [2.24, 2.45) is 5.92 Å². The van der Waals surface area contributed by atoms with Gasteiger partial charge in [-0.15, -0.1) is 0 Å². The van der Waals surface area contributed by atoms with E-state index in [-0.39, 0.29) is 24.5 Å². The third-order valence-electron chi connectivity index (χ3n) is 6.37. The van der Waals surface area contributed by atoms with Crippen LogP contribution in [0.1, 0.15) is 28.8 Å². The Morgan fingerprint density at radius 3 is 2.63 bits per heavy atom. The van der Waals surface area contributed by atoms with Crippen molar-refractivity contribution in [1.82, 2.24) is 10.2 Å². The van der Waals surface area contributed by atoms with E-state index >= 15 is 0 Å². The molecule has 156 valence electrons. The van der Waals surface area contributed by atoms with Crippen LogP contribution in [0, 0.1) is 5.92 Å². The summed E-state index contributed by atoms with van der Waals surface area (Å²) >= 11 is 6.37. The molecule has 0 spiro atoms. The Balaban J connectivity index is 1.43. The van der Waals surface area contributed by atoms with Gasteiger partial charge in [-0.2, -0.15) is 0 Å². The summed E-state index contributed by atoms with van der Waals surface area (Å²) in [6, 6.07) is 13.2. The number of nitrogens with zero attached hydrogens (tertiary/aromatic N) is 2. The van der Waals surface area contributed by atoms with Crippen molar-refractivity contribution in [3.8, 4) is 5.75 Å². The zero-order chi connectivity index (χ0) is 20.7. The van der Waals surface area contributed by atoms with E-state index < -0.39 is 0 Å². The maximum atomic E-state index is 13.2. The lowest BCUT2D eigenvalue weighted by Crippen LogP contribution is -2.57. The van der Waals surface area contributed by atoms with E-state index in [1.165, 1.54) is 0 Å². The van der Waals surface area contributed by atoms with Crippen molar-refractivity contribution in [3.63, 3.8) is 0 Å². The lowest BCUT2D eigenvalue weighted by Gasteiger charge is -2.45. The zero-order valence-corrected chi connectivity index (χ0v) is 17.4. The van der Waals surface area contributed by atoms with Gasteiger partial charge in [-0.05, 0) is 49.5 Å². The van der Waals surface area contributed by atoms with Crippen molar-refractivity contribution in [1.29, 1.82) is 0 Å². The Labute approximate surface area is 180 Å². The lowest BCUT2D eigenvalue weighted by molar-refractivity contribution is -0.121. The largest absolute Gasteiger partial charge is 0.481 e. The minimum atomic E-state index is -0.193. The highest BCUT2D eigenvalue weighted by Gasteiger charge is 2.36. The van der Waals surface area contributed by atoms with Crippen molar-refractivity contribution in [2.45, 2.75) is 25.4 Å². The number of piperidine rings is 3. The number of ether oxygens (including phenoxy) is 1. The molecular weight excluding hydrogens is 402 g/mol. The van der Waals surface area contributed by atoms with E-state index in [4.69, 9.17) is 16.3 Å². The second-order valence-electron chi connectivity index (χ2n) is 8.27. The molecule has 3 fully saturated rings. The number of carbonyl (C=O) groups is 2. The van der Waals surface area contributed by atoms with Crippen LogP contribution in [0.5, 0.6) is 5.75 Å². The minimum absolute atomic E-state index is 0.0957. The first kappa shape index (κ1) is 19.4. The molecule has 0 saturated carbocycles. The Bertz CT molecular complexity index is 973. The number of fused-ring (bicyclic) bond motifs is 4. The highest BCUT2D eigenvalue weighted by molar-refractivity contribution is 6.31. The molecule has 1 atom stereocenters. The topological polar surface area (TPSA) is 61.9 Å². The fourth-order valence-electron chi connectivity index (χ4n) is 4.76. The van der Waals surface area contributed by atoms with Crippen LogP contribution in [0.2, 0.25) is 5.02 Å². The Hall–Kier alpha value is -2.57. The minimum Gasteiger partial charge on any atom is -0.481 e. The number of amides is 2. The van der Waals surface area contributed by atoms with Crippen molar-refractivity contribution in [3.05, 3.63) is 58.6 Å². The van der Waals surface area contributed by atoms with Crippen LogP contribution in [0.25, 0.3) is 0 Å². The predicted molar refractivity (Wildman–Crippen MR) is 115 cm³/mol. The summed E-state index contributed by atoms with van der Waals surface area (Å²) in [5.74, 6) is 0.596. The average Bonchev–Trinajstić information content (AvgIpc) is 2.77. The lowest BCUT2D eigenvalue weighted by atomic mass is 9.84. The molecule has 0 aromatic heterocycles. The Morgan fingerprint density at radius 1 is 1.17 bits per heavy atom. The number of rotatable bonds is 4. The highest BCUT2D eigenvalue weighted by Crippen LogP contribution is 2.39. The fraction of sp³-hybridized carbons (Fsp3) is 0.391. The van der Waals surface area contributed by atoms with Crippen molar-refractivity contribution >= 4 is 29.1 Å². The molecule has 30 heavy (non-hydrogen) atoms. The number of hydrogen-bond donors (Lipinski definition) is 1. The first-order valence-corrected chi connectivity index (χ1v) is 10.8. The van der Waals surface area contributed by atoms with Gasteiger partial charge in [0, 0.05) is 17.6 Å². The van der Waals surface area contributed by atoms with Gasteiger partial charge in [0.2, 0.25) is 0 Å². The smallest absolute Gasteiger partial charge is 0.265 e. The summed E-state index contributed by atoms with van der Waals surface area (Å²) in [6.45, 7) is 3.42. The molecule has 6 rings (SSSR count). The number of benzene rings is 2. The molecule has 2 bridgehead atoms. The monoisotopic (exact) mass is 425 g/mol. The van der Waals surface area contributed by atoms with Crippen LogP contribution < -0.4 is 15.0 Å². The van der Waals surface area contributed by atoms with Gasteiger partial charge >= 0.3 is 0 Å². The molecule has 0 radical (unpaired) electrons. The molecule has 2 aromatic rings. The molecular formula is C23H24ClN3O3. The van der Waals surface area contributed by atoms with Crippen LogP contribution in [0.15, 0.2) is 42.5 Å². The van der Waals surface area contributed by atoms with Gasteiger partial charge in [0.05, 0.1) is 17.8 Å². The molecule has 4 aliphatic heterocycles. The molecule has 2 aromatic carbocycles. The van der Waals surface area contributed by atoms with Gasteiger partial charge in [0.25, 0.3) is 11.8 Å². The molecule has 3 saturated heterocycles. The first-order valence-electron chi connectivity index (χ1n) is 10.4. The molecule has 1 unspecified atom stereocenters. The zero-order valence-electron chi connectivity index (χ0n) is 16.6. The van der Waals surface area contributed by atoms with E-state index in [1.807, 2.05) is 30.3 Å². The SMILES string of the molecule is O=C(NC1CN2CCC1CC2)c1cc(Cl)cc2c1OCC(=O)N2Cc1ccccc1. The molecule has 4 heterocycles. The maximum absolute atomic E-state index is 13.2. The summed E-state index contributed by atoms with van der Waals surface area (Å²) in [5, 5.41) is 3.60. The van der Waals surface area contributed by atoms with Gasteiger partial charge in [-0.3, -0.25) is 9.59 Å². The van der Waals surface area contributed by atoms with E-state index in [9.17, 15) is 9.59 Å². The van der Waals surface area contributed by atoms with Crippen molar-refractivity contribution < 1.29 is 14.3 Å². The first-order chi connectivity index (χ1) is 14.6. The summed E-state index contributed by atoms with van der Waals surface area (Å²) in [4.78, 5) is 29.8. The number of nitrogens with one attached hydrogen (secondary N) is 1. The van der Waals surface area contributed by atoms with Crippen LogP contribution in [0.3, 0.4) is 0 Å². The van der Waals surface area contributed by atoms with E-state index in [0.29, 0.717) is 34.5 Å². The van der Waals surface area contributed by atoms with Crippen LogP contribution in [-0.2, 0) is 11.3 Å². The second-order valence-corrected chi connectivity index (χ2v) is 8.71. The summed E-state index contributed by atoms with van der Waals surface area (Å²) in [5.41, 5.74) is 1.93. The third kappa shape index (κ3) is 3.66. The molecule has 4 aliphatic rings. The van der Waals surface area contributed by atoms with E-state index in [2.05, 4.69) is 10.2 Å². The Kier molecular flexibility index (Phi) is 5.13. The number of hydrogen-bond acceptors (Lipinski definition) is 4. The average molecular weight is 426 g/mol. The van der Waals surface area contributed by atoms with E-state index in [1.54, 1.807) is 17.0 Å². The maximum Gasteiger partial charge on any atom is 0.265 e. The molecule has 2 amide bonds. The Morgan fingerprint density at radius 2 is 1.93 bits per heavy atom. The third-order valence-corrected chi connectivity index (χ3v) is 6.58. The van der Waals surface area contributed by atoms with Crippen LogP contribution >= 0.6 is 11.6 Å². The van der Waals surface area contributed by atoms with Crippen LogP contribution in [-0.4, -0.2) is 49.0 Å².